The van der Waals surface area contributed by atoms with Gasteiger partial charge in [0.1, 0.15) is 12.0 Å². The maximum absolute atomic E-state index is 13.4. The summed E-state index contributed by atoms with van der Waals surface area (Å²) in [6.07, 6.45) is 5.94. The number of halogens is 1. The molecule has 5 nitrogen and oxygen atoms in total. The van der Waals surface area contributed by atoms with Crippen molar-refractivity contribution < 1.29 is 19.0 Å². The fourth-order valence-electron chi connectivity index (χ4n) is 3.00. The zero-order valence-corrected chi connectivity index (χ0v) is 18.8. The van der Waals surface area contributed by atoms with Crippen molar-refractivity contribution in [1.82, 2.24) is 4.31 Å². The molecule has 0 bridgehead atoms. The Bertz CT molecular complexity index is 820. The Hall–Kier alpha value is -1.82. The summed E-state index contributed by atoms with van der Waals surface area (Å²) >= 11 is 3.09. The molecule has 1 atom stereocenters. The van der Waals surface area contributed by atoms with E-state index in [1.54, 1.807) is 11.9 Å². The van der Waals surface area contributed by atoms with Gasteiger partial charge < -0.3 is 14.7 Å². The van der Waals surface area contributed by atoms with E-state index in [0.717, 1.165) is 41.3 Å². The van der Waals surface area contributed by atoms with Gasteiger partial charge in [-0.1, -0.05) is 25.7 Å². The lowest BCUT2D eigenvalue weighted by atomic mass is 10.1. The Morgan fingerprint density at radius 3 is 2.90 bits per heavy atom. The van der Waals surface area contributed by atoms with Gasteiger partial charge in [-0.3, -0.25) is 0 Å². The van der Waals surface area contributed by atoms with Crippen molar-refractivity contribution in [2.75, 3.05) is 31.3 Å². The second-order valence-electron chi connectivity index (χ2n) is 6.60. The van der Waals surface area contributed by atoms with Crippen LogP contribution in [0.1, 0.15) is 33.1 Å². The molecule has 1 aliphatic heterocycles. The lowest BCUT2D eigenvalue weighted by molar-refractivity contribution is -0.134. The second kappa shape index (κ2) is 11.4. The summed E-state index contributed by atoms with van der Waals surface area (Å²) < 4.78 is 21.0. The average Bonchev–Trinajstić information content (AvgIpc) is 2.83. The van der Waals surface area contributed by atoms with Crippen LogP contribution in [0.2, 0.25) is 0 Å². The van der Waals surface area contributed by atoms with Gasteiger partial charge in [0.15, 0.2) is 0 Å². The maximum Gasteiger partial charge on any atom is 0.368 e. The monoisotopic (exact) mass is 438 g/mol. The van der Waals surface area contributed by atoms with Gasteiger partial charge in [0.05, 0.1) is 22.0 Å². The summed E-state index contributed by atoms with van der Waals surface area (Å²) in [5.74, 6) is 3.59. The quantitative estimate of drug-likeness (QED) is 0.201. The molecule has 8 heteroatoms. The molecule has 158 valence electrons. The molecule has 1 N–H and O–H groups in total. The van der Waals surface area contributed by atoms with E-state index in [9.17, 15) is 9.18 Å². The summed E-state index contributed by atoms with van der Waals surface area (Å²) in [6, 6.07) is 4.24. The topological polar surface area (TPSA) is 53.0 Å². The first-order chi connectivity index (χ1) is 13.9. The van der Waals surface area contributed by atoms with Crippen LogP contribution >= 0.6 is 23.7 Å². The van der Waals surface area contributed by atoms with Crippen molar-refractivity contribution >= 4 is 35.4 Å². The minimum Gasteiger partial charge on any atom is -0.476 e. The number of unbranched alkanes of at least 4 members (excludes halogenated alkanes) is 1. The largest absolute Gasteiger partial charge is 0.476 e. The number of fused-ring (bicyclic) bond motifs is 1. The molecule has 0 saturated heterocycles. The molecule has 29 heavy (non-hydrogen) atoms. The Morgan fingerprint density at radius 2 is 2.28 bits per heavy atom. The van der Waals surface area contributed by atoms with E-state index >= 15 is 0 Å². The van der Waals surface area contributed by atoms with Crippen molar-refractivity contribution in [2.24, 2.45) is 0 Å². The van der Waals surface area contributed by atoms with Crippen molar-refractivity contribution in [3.63, 3.8) is 0 Å². The molecular formula is C21H27FN2O3S2. The number of ether oxygens (including phenoxy) is 1. The van der Waals surface area contributed by atoms with E-state index < -0.39 is 11.8 Å². The number of aliphatic carboxylic acids is 1. The molecule has 2 rings (SSSR count). The number of carbonyl (C=O) groups is 1. The molecule has 1 unspecified atom stereocenters. The first-order valence-corrected chi connectivity index (χ1v) is 11.4. The van der Waals surface area contributed by atoms with E-state index in [4.69, 9.17) is 9.84 Å². The predicted octanol–water partition coefficient (Wildman–Crippen LogP) is 5.02. The van der Waals surface area contributed by atoms with Crippen LogP contribution in [0.15, 0.2) is 34.0 Å². The normalized spacial score (nSPS) is 17.2. The Morgan fingerprint density at radius 1 is 1.52 bits per heavy atom. The molecule has 0 amide bonds. The minimum atomic E-state index is -1.65. The molecule has 0 aliphatic carbocycles. The van der Waals surface area contributed by atoms with Crippen LogP contribution in [-0.4, -0.2) is 47.8 Å². The highest BCUT2D eigenvalue weighted by Crippen LogP contribution is 2.43. The molecule has 0 aromatic heterocycles. The van der Waals surface area contributed by atoms with Gasteiger partial charge in [-0.15, -0.1) is 17.7 Å². The number of thioether (sulfide) groups is 1. The summed E-state index contributed by atoms with van der Waals surface area (Å²) in [7, 11) is 2.08. The van der Waals surface area contributed by atoms with Crippen LogP contribution in [-0.2, 0) is 4.79 Å². The number of benzene rings is 1. The van der Waals surface area contributed by atoms with Crippen molar-refractivity contribution in [2.45, 2.75) is 48.9 Å². The highest BCUT2D eigenvalue weighted by atomic mass is 32.2. The van der Waals surface area contributed by atoms with E-state index in [1.807, 2.05) is 25.3 Å². The molecule has 0 spiro atoms. The number of likely N-dealkylation sites (N-methyl/N-ethyl adjacent to an activating group) is 1. The Kier molecular flexibility index (Phi) is 9.21. The standard InChI is InChI=1S/C21H27FN2O3S2/c1-5-7-9-15-13-24(10-8-6-2)17-11-20(28-4)18(12-19(17)29-23(15)3)27-14-16(22)21(25)26/h11-12,14-15H,5,7,9-10,13H2,1-4H3,(H,25,26)/b16-14-. The van der Waals surface area contributed by atoms with Crippen molar-refractivity contribution in [3.8, 4) is 17.6 Å². The summed E-state index contributed by atoms with van der Waals surface area (Å²) in [6.45, 7) is 5.52. The van der Waals surface area contributed by atoms with Gasteiger partial charge in [0.25, 0.3) is 0 Å². The molecular weight excluding hydrogens is 411 g/mol. The van der Waals surface area contributed by atoms with Gasteiger partial charge in [-0.25, -0.2) is 9.10 Å². The van der Waals surface area contributed by atoms with E-state index in [1.165, 1.54) is 11.8 Å². The predicted molar refractivity (Wildman–Crippen MR) is 118 cm³/mol. The van der Waals surface area contributed by atoms with E-state index in [0.29, 0.717) is 24.6 Å². The minimum absolute atomic E-state index is 0.373. The van der Waals surface area contributed by atoms with Gasteiger partial charge in [0.2, 0.25) is 5.83 Å². The van der Waals surface area contributed by atoms with Crippen LogP contribution < -0.4 is 9.64 Å². The van der Waals surface area contributed by atoms with Crippen LogP contribution in [0.3, 0.4) is 0 Å². The molecule has 1 aromatic rings. The van der Waals surface area contributed by atoms with Crippen LogP contribution in [0.25, 0.3) is 0 Å². The third-order valence-electron chi connectivity index (χ3n) is 4.60. The molecule has 0 radical (unpaired) electrons. The van der Waals surface area contributed by atoms with Gasteiger partial charge in [-0.2, -0.15) is 4.39 Å². The molecule has 1 aromatic carbocycles. The number of hydrogen-bond donors (Lipinski definition) is 1. The van der Waals surface area contributed by atoms with Gasteiger partial charge >= 0.3 is 5.97 Å². The second-order valence-corrected chi connectivity index (χ2v) is 8.65. The fraction of sp³-hybridized carbons (Fsp3) is 0.476. The number of anilines is 1. The van der Waals surface area contributed by atoms with E-state index in [-0.39, 0.29) is 0 Å². The summed E-state index contributed by atoms with van der Waals surface area (Å²) in [5, 5.41) is 8.71. The highest BCUT2D eigenvalue weighted by molar-refractivity contribution is 7.98. The number of carboxylic acids is 1. The summed E-state index contributed by atoms with van der Waals surface area (Å²) in [5.41, 5.74) is 1.06. The lowest BCUT2D eigenvalue weighted by Gasteiger charge is -2.28. The van der Waals surface area contributed by atoms with Crippen LogP contribution in [0.4, 0.5) is 10.1 Å². The molecule has 1 heterocycles. The van der Waals surface area contributed by atoms with Crippen LogP contribution in [0.5, 0.6) is 5.75 Å². The summed E-state index contributed by atoms with van der Waals surface area (Å²) in [4.78, 5) is 14.8. The Labute approximate surface area is 180 Å². The number of hydrogen-bond acceptors (Lipinski definition) is 6. The van der Waals surface area contributed by atoms with Crippen molar-refractivity contribution in [3.05, 3.63) is 24.2 Å². The smallest absolute Gasteiger partial charge is 0.368 e. The van der Waals surface area contributed by atoms with Gasteiger partial charge in [0, 0.05) is 12.6 Å². The Balaban J connectivity index is 2.44. The zero-order valence-electron chi connectivity index (χ0n) is 17.2. The average molecular weight is 439 g/mol. The SMILES string of the molecule is CC#CCN1CC(CCCC)N(C)Sc2cc(O/C=C(\F)C(=O)O)c(SC)cc21. The molecule has 0 fully saturated rings. The third kappa shape index (κ3) is 6.33. The molecule has 1 aliphatic rings. The molecule has 0 saturated carbocycles. The van der Waals surface area contributed by atoms with Gasteiger partial charge in [-0.05, 0) is 50.7 Å². The maximum atomic E-state index is 13.4. The highest BCUT2D eigenvalue weighted by Gasteiger charge is 2.27. The zero-order chi connectivity index (χ0) is 21.4. The number of carboxylic acid groups (broad SMARTS) is 1. The number of nitrogens with zero attached hydrogens (tertiary/aromatic N) is 2. The van der Waals surface area contributed by atoms with Crippen molar-refractivity contribution in [1.29, 1.82) is 0 Å². The van der Waals surface area contributed by atoms with Crippen LogP contribution in [0, 0.1) is 11.8 Å². The van der Waals surface area contributed by atoms with E-state index in [2.05, 4.69) is 35.0 Å². The lowest BCUT2D eigenvalue weighted by Crippen LogP contribution is -2.38. The third-order valence-corrected chi connectivity index (χ3v) is 6.47. The number of rotatable bonds is 8. The fourth-order valence-corrected chi connectivity index (χ4v) is 4.61. The first kappa shape index (κ1) is 23.5. The first-order valence-electron chi connectivity index (χ1n) is 9.44.